The molecule has 0 saturated heterocycles. The van der Waals surface area contributed by atoms with Crippen LogP contribution in [0.3, 0.4) is 0 Å². The van der Waals surface area contributed by atoms with Crippen molar-refractivity contribution in [2.45, 2.75) is 11.0 Å². The van der Waals surface area contributed by atoms with Crippen LogP contribution in [0.25, 0.3) is 0 Å². The molecule has 0 aliphatic rings. The third-order valence-electron chi connectivity index (χ3n) is 0. The quantitative estimate of drug-likeness (QED) is 0.350. The van der Waals surface area contributed by atoms with E-state index in [1.54, 1.807) is 16.9 Å². The van der Waals surface area contributed by atoms with Crippen LogP contribution in [-0.4, -0.2) is 20.9 Å². The van der Waals surface area contributed by atoms with Crippen molar-refractivity contribution in [2.24, 2.45) is 0 Å². The van der Waals surface area contributed by atoms with Crippen molar-refractivity contribution in [1.82, 2.24) is 0 Å². The molecule has 0 aliphatic carbocycles. The number of hydrogen-bond acceptors (Lipinski definition) is 1. The van der Waals surface area contributed by atoms with Crippen LogP contribution in [0.5, 0.6) is 0 Å². The first-order chi connectivity index (χ1) is 1.73. The molecule has 0 saturated carbocycles. The van der Waals surface area contributed by atoms with Crippen LogP contribution in [0.1, 0.15) is 6.92 Å². The molecule has 0 heterocycles. The molecule has 2 unspecified atom stereocenters. The second-order valence-corrected chi connectivity index (χ2v) is 4.83. The molecule has 0 N–H and O–H groups in total. The molecule has 0 amide bonds. The van der Waals surface area contributed by atoms with Crippen molar-refractivity contribution in [1.29, 1.82) is 0 Å². The Morgan fingerprint density at radius 2 is 2.00 bits per heavy atom. The number of rotatable bonds is 0. The van der Waals surface area contributed by atoms with Gasteiger partial charge in [-0.05, 0) is 0 Å². The third kappa shape index (κ3) is 12.8. The number of hydrogen-bond donors (Lipinski definition) is 1. The van der Waals surface area contributed by atoms with Crippen molar-refractivity contribution in [2.75, 3.05) is 0 Å². The van der Waals surface area contributed by atoms with Crippen LogP contribution >= 0.6 is 12.6 Å². The molecule has 0 fully saturated rings. The summed E-state index contributed by atoms with van der Waals surface area (Å²) in [7, 11) is 0. The summed E-state index contributed by atoms with van der Waals surface area (Å²) in [5.41, 5.74) is 0. The molecule has 2 heteroatoms. The maximum atomic E-state index is 3.99. The fourth-order valence-electron chi connectivity index (χ4n) is 0. The first kappa shape index (κ1) is 4.91. The van der Waals surface area contributed by atoms with Gasteiger partial charge in [-0.3, -0.25) is 0 Å². The molecule has 0 aromatic rings. The molecule has 26 valence electrons. The summed E-state index contributed by atoms with van der Waals surface area (Å²) in [4.78, 5) is 0. The first-order valence-corrected chi connectivity index (χ1v) is 3.08. The van der Waals surface area contributed by atoms with Crippen molar-refractivity contribution >= 4 is 29.5 Å². The van der Waals surface area contributed by atoms with Crippen molar-refractivity contribution in [3.63, 3.8) is 0 Å². The minimum atomic E-state index is 0.590. The summed E-state index contributed by atoms with van der Waals surface area (Å²) >= 11 is 5.66. The summed E-state index contributed by atoms with van der Waals surface area (Å²) in [6.07, 6.45) is 0. The molecule has 0 radical (unpaired) electrons. The zero-order valence-electron chi connectivity index (χ0n) is 2.60. The van der Waals surface area contributed by atoms with Gasteiger partial charge >= 0.3 is 40.4 Å². The Kier molecular flexibility index (Phi) is 2.66. The Morgan fingerprint density at radius 1 is 2.00 bits per heavy atom. The Hall–Kier alpha value is 0.908. The van der Waals surface area contributed by atoms with E-state index >= 15 is 0 Å². The van der Waals surface area contributed by atoms with Gasteiger partial charge in [0.05, 0.1) is 0 Å². The molecule has 0 bridgehead atoms. The predicted molar refractivity (Wildman–Crippen MR) is 27.0 cm³/mol. The van der Waals surface area contributed by atoms with E-state index < -0.39 is 0 Å². The molecule has 2 atom stereocenters. The first-order valence-electron chi connectivity index (χ1n) is 1.17. The van der Waals surface area contributed by atoms with Gasteiger partial charge in [0.2, 0.25) is 0 Å². The summed E-state index contributed by atoms with van der Waals surface area (Å²) < 4.78 is 0.590. The predicted octanol–water partition coefficient (Wildman–Crippen LogP) is -0.105. The van der Waals surface area contributed by atoms with Gasteiger partial charge in [0.1, 0.15) is 0 Å². The van der Waals surface area contributed by atoms with Crippen molar-refractivity contribution in [3.05, 3.63) is 0 Å². The van der Waals surface area contributed by atoms with Crippen LogP contribution in [0.4, 0.5) is 0 Å². The van der Waals surface area contributed by atoms with E-state index in [4.69, 9.17) is 0 Å². The summed E-state index contributed by atoms with van der Waals surface area (Å²) in [5.74, 6) is 0. The van der Waals surface area contributed by atoms with Gasteiger partial charge in [-0.15, -0.1) is 0 Å². The molecular formula is C2H7AsS. The average Bonchev–Trinajstić information content (AvgIpc) is 0.811. The van der Waals surface area contributed by atoms with Crippen molar-refractivity contribution in [3.8, 4) is 0 Å². The standard InChI is InChI=1S/C2H7AsS/c1-2(3)4/h2,4H,3H2,1H3. The Labute approximate surface area is 40.9 Å². The molecule has 0 aromatic heterocycles. The van der Waals surface area contributed by atoms with Gasteiger partial charge in [0.15, 0.2) is 0 Å². The van der Waals surface area contributed by atoms with E-state index in [0.717, 1.165) is 0 Å². The van der Waals surface area contributed by atoms with E-state index in [1.807, 2.05) is 0 Å². The van der Waals surface area contributed by atoms with Crippen LogP contribution in [0.2, 0.25) is 0 Å². The molecule has 0 aliphatic heterocycles. The van der Waals surface area contributed by atoms with Crippen molar-refractivity contribution < 1.29 is 0 Å². The molecule has 0 rings (SSSR count). The normalized spacial score (nSPS) is 15.8. The molecule has 0 aromatic carbocycles. The zero-order valence-corrected chi connectivity index (χ0v) is 5.92. The van der Waals surface area contributed by atoms with Gasteiger partial charge in [-0.2, -0.15) is 0 Å². The van der Waals surface area contributed by atoms with Gasteiger partial charge in [0.25, 0.3) is 0 Å². The topological polar surface area (TPSA) is 0 Å². The summed E-state index contributed by atoms with van der Waals surface area (Å²) in [6, 6.07) is 0. The van der Waals surface area contributed by atoms with Gasteiger partial charge < -0.3 is 0 Å². The Balaban J connectivity index is 2.32. The second kappa shape index (κ2) is 2.16. The van der Waals surface area contributed by atoms with Crippen LogP contribution in [-0.2, 0) is 0 Å². The fraction of sp³-hybridized carbons (Fsp3) is 1.00. The third-order valence-corrected chi connectivity index (χ3v) is 0. The monoisotopic (exact) mass is 138 g/mol. The Bertz CT molecular complexity index is 10.8. The summed E-state index contributed by atoms with van der Waals surface area (Å²) in [5, 5.41) is 0. The zero-order chi connectivity index (χ0) is 3.58. The van der Waals surface area contributed by atoms with Crippen LogP contribution < -0.4 is 0 Å². The Morgan fingerprint density at radius 3 is 2.00 bits per heavy atom. The average molecular weight is 138 g/mol. The maximum absolute atomic E-state index is 3.99. The van der Waals surface area contributed by atoms with Gasteiger partial charge in [-0.1, -0.05) is 0 Å². The molecule has 4 heavy (non-hydrogen) atoms. The van der Waals surface area contributed by atoms with E-state index in [2.05, 4.69) is 19.6 Å². The van der Waals surface area contributed by atoms with Crippen LogP contribution in [0.15, 0.2) is 0 Å². The molecule has 0 nitrogen and oxygen atoms in total. The van der Waals surface area contributed by atoms with Gasteiger partial charge in [-0.25, -0.2) is 0 Å². The molecule has 0 spiro atoms. The van der Waals surface area contributed by atoms with Crippen LogP contribution in [0, 0.1) is 0 Å². The van der Waals surface area contributed by atoms with E-state index in [1.165, 1.54) is 0 Å². The summed E-state index contributed by atoms with van der Waals surface area (Å²) in [6.45, 7) is 2.06. The molecular weight excluding hydrogens is 131 g/mol. The van der Waals surface area contributed by atoms with E-state index in [0.29, 0.717) is 4.04 Å². The van der Waals surface area contributed by atoms with E-state index in [-0.39, 0.29) is 0 Å². The minimum absolute atomic E-state index is 0.590. The fourth-order valence-corrected chi connectivity index (χ4v) is 0. The number of thiol groups is 1. The van der Waals surface area contributed by atoms with Gasteiger partial charge in [0, 0.05) is 0 Å². The van der Waals surface area contributed by atoms with E-state index in [9.17, 15) is 0 Å². The SMILES string of the molecule is CC(S)[AsH2]. The second-order valence-electron chi connectivity index (χ2n) is 0.741.